The highest BCUT2D eigenvalue weighted by Gasteiger charge is 2.36. The largest absolute Gasteiger partial charge is 0.497 e. The van der Waals surface area contributed by atoms with Gasteiger partial charge in [-0.3, -0.25) is 4.79 Å². The van der Waals surface area contributed by atoms with E-state index in [0.29, 0.717) is 28.4 Å². The van der Waals surface area contributed by atoms with Gasteiger partial charge in [0.05, 0.1) is 25.6 Å². The van der Waals surface area contributed by atoms with Gasteiger partial charge in [0.2, 0.25) is 5.91 Å². The molecule has 1 amide bonds. The number of aromatic carboxylic acids is 1. The summed E-state index contributed by atoms with van der Waals surface area (Å²) < 4.78 is 26.3. The first-order valence-electron chi connectivity index (χ1n) is 9.19. The standard InChI is InChI=1S/C22H19FN2O5/c1-29-14-6-7-18(30-2)15(9-14)16-10-19(26)24-20-17(22(27)28)11-25(21(16)20)13-5-3-4-12(23)8-13/h3-9,11,16H,10H2,1-2H3,(H,24,26)(H,27,28)/t16-/m1/s1. The number of carboxylic acids is 1. The van der Waals surface area contributed by atoms with Crippen molar-refractivity contribution in [3.05, 3.63) is 71.3 Å². The van der Waals surface area contributed by atoms with Crippen molar-refractivity contribution in [2.75, 3.05) is 19.5 Å². The number of benzene rings is 2. The maximum atomic E-state index is 13.9. The monoisotopic (exact) mass is 410 g/mol. The van der Waals surface area contributed by atoms with Gasteiger partial charge in [0.25, 0.3) is 0 Å². The second kappa shape index (κ2) is 7.55. The highest BCUT2D eigenvalue weighted by atomic mass is 19.1. The number of carbonyl (C=O) groups excluding carboxylic acids is 1. The normalized spacial score (nSPS) is 15.3. The minimum atomic E-state index is -1.19. The molecule has 1 aromatic heterocycles. The van der Waals surface area contributed by atoms with E-state index < -0.39 is 17.7 Å². The number of carbonyl (C=O) groups is 2. The van der Waals surface area contributed by atoms with Crippen LogP contribution in [0.15, 0.2) is 48.7 Å². The highest BCUT2D eigenvalue weighted by molar-refractivity contribution is 6.04. The Morgan fingerprint density at radius 2 is 2.00 bits per heavy atom. The molecule has 0 radical (unpaired) electrons. The van der Waals surface area contributed by atoms with Gasteiger partial charge in [-0.1, -0.05) is 6.07 Å². The second-order valence-electron chi connectivity index (χ2n) is 6.87. The minimum Gasteiger partial charge on any atom is -0.497 e. The fraction of sp³-hybridized carbons (Fsp3) is 0.182. The first-order valence-corrected chi connectivity index (χ1v) is 9.19. The first kappa shape index (κ1) is 19.5. The number of halogens is 1. The summed E-state index contributed by atoms with van der Waals surface area (Å²) in [6.07, 6.45) is 1.46. The Balaban J connectivity index is 2.01. The minimum absolute atomic E-state index is 0.0644. The number of fused-ring (bicyclic) bond motifs is 1. The molecular weight excluding hydrogens is 391 g/mol. The molecule has 8 heteroatoms. The van der Waals surface area contributed by atoms with Gasteiger partial charge in [-0.05, 0) is 36.4 Å². The summed E-state index contributed by atoms with van der Waals surface area (Å²) in [5.74, 6) is -1.40. The maximum absolute atomic E-state index is 13.9. The Morgan fingerprint density at radius 1 is 1.20 bits per heavy atom. The van der Waals surface area contributed by atoms with Crippen LogP contribution in [0.2, 0.25) is 0 Å². The summed E-state index contributed by atoms with van der Waals surface area (Å²) >= 11 is 0. The van der Waals surface area contributed by atoms with Crippen LogP contribution in [-0.2, 0) is 4.79 Å². The van der Waals surface area contributed by atoms with E-state index in [-0.39, 0.29) is 23.6 Å². The van der Waals surface area contributed by atoms with Crippen molar-refractivity contribution in [3.63, 3.8) is 0 Å². The molecule has 4 rings (SSSR count). The van der Waals surface area contributed by atoms with Gasteiger partial charge in [0, 0.05) is 29.8 Å². The molecule has 0 bridgehead atoms. The summed E-state index contributed by atoms with van der Waals surface area (Å²) in [5, 5.41) is 12.4. The zero-order valence-corrected chi connectivity index (χ0v) is 16.3. The third-order valence-corrected chi connectivity index (χ3v) is 5.16. The van der Waals surface area contributed by atoms with Gasteiger partial charge >= 0.3 is 5.97 Å². The molecule has 2 aromatic carbocycles. The number of ether oxygens (including phenoxy) is 2. The van der Waals surface area contributed by atoms with Gasteiger partial charge in [-0.2, -0.15) is 0 Å². The smallest absolute Gasteiger partial charge is 0.339 e. The Morgan fingerprint density at radius 3 is 2.67 bits per heavy atom. The van der Waals surface area contributed by atoms with E-state index in [1.165, 1.54) is 32.5 Å². The molecule has 0 spiro atoms. The fourth-order valence-corrected chi connectivity index (χ4v) is 3.84. The lowest BCUT2D eigenvalue weighted by atomic mass is 9.87. The molecule has 0 aliphatic carbocycles. The van der Waals surface area contributed by atoms with E-state index in [1.54, 1.807) is 34.9 Å². The number of nitrogens with zero attached hydrogens (tertiary/aromatic N) is 1. The number of methoxy groups -OCH3 is 2. The van der Waals surface area contributed by atoms with Crippen molar-refractivity contribution in [1.82, 2.24) is 4.57 Å². The van der Waals surface area contributed by atoms with Crippen molar-refractivity contribution in [3.8, 4) is 17.2 Å². The lowest BCUT2D eigenvalue weighted by Crippen LogP contribution is -2.25. The summed E-state index contributed by atoms with van der Waals surface area (Å²) in [7, 11) is 3.05. The third-order valence-electron chi connectivity index (χ3n) is 5.16. The van der Waals surface area contributed by atoms with Crippen LogP contribution in [0.3, 0.4) is 0 Å². The predicted octanol–water partition coefficient (Wildman–Crippen LogP) is 3.81. The molecule has 154 valence electrons. The number of aromatic nitrogens is 1. The van der Waals surface area contributed by atoms with Crippen molar-refractivity contribution < 1.29 is 28.6 Å². The van der Waals surface area contributed by atoms with Crippen LogP contribution in [0.1, 0.15) is 34.0 Å². The molecule has 0 unspecified atom stereocenters. The van der Waals surface area contributed by atoms with Gasteiger partial charge < -0.3 is 24.5 Å². The maximum Gasteiger partial charge on any atom is 0.339 e. The van der Waals surface area contributed by atoms with E-state index in [9.17, 15) is 19.1 Å². The van der Waals surface area contributed by atoms with Crippen LogP contribution in [-0.4, -0.2) is 35.8 Å². The number of carboxylic acid groups (broad SMARTS) is 1. The zero-order valence-electron chi connectivity index (χ0n) is 16.3. The van der Waals surface area contributed by atoms with E-state index in [1.807, 2.05) is 0 Å². The van der Waals surface area contributed by atoms with Gasteiger partial charge in [-0.25, -0.2) is 9.18 Å². The first-order chi connectivity index (χ1) is 14.4. The lowest BCUT2D eigenvalue weighted by Gasteiger charge is -2.27. The van der Waals surface area contributed by atoms with Gasteiger partial charge in [0.1, 0.15) is 22.9 Å². The van der Waals surface area contributed by atoms with Crippen molar-refractivity contribution in [2.45, 2.75) is 12.3 Å². The second-order valence-corrected chi connectivity index (χ2v) is 6.87. The molecule has 30 heavy (non-hydrogen) atoms. The molecule has 1 atom stereocenters. The Bertz CT molecular complexity index is 1150. The van der Waals surface area contributed by atoms with Crippen LogP contribution >= 0.6 is 0 Å². The van der Waals surface area contributed by atoms with Crippen molar-refractivity contribution in [1.29, 1.82) is 0 Å². The van der Waals surface area contributed by atoms with E-state index >= 15 is 0 Å². The fourth-order valence-electron chi connectivity index (χ4n) is 3.84. The molecule has 1 aliphatic heterocycles. The Labute approximate surface area is 171 Å². The SMILES string of the molecule is COc1ccc(OC)c([C@H]2CC(=O)Nc3c(C(=O)O)cn(-c4cccc(F)c4)c32)c1. The molecule has 0 saturated carbocycles. The van der Waals surface area contributed by atoms with Gasteiger partial charge in [-0.15, -0.1) is 0 Å². The molecule has 3 aromatic rings. The average molecular weight is 410 g/mol. The molecule has 1 aliphatic rings. The molecular formula is C22H19FN2O5. The quantitative estimate of drug-likeness (QED) is 0.668. The van der Waals surface area contributed by atoms with Crippen LogP contribution in [0.4, 0.5) is 10.1 Å². The number of anilines is 1. The number of hydrogen-bond donors (Lipinski definition) is 2. The number of amides is 1. The molecule has 0 fully saturated rings. The molecule has 2 heterocycles. The third kappa shape index (κ3) is 3.26. The Kier molecular flexibility index (Phi) is 4.91. The molecule has 7 nitrogen and oxygen atoms in total. The van der Waals surface area contributed by atoms with Crippen LogP contribution < -0.4 is 14.8 Å². The molecule has 2 N–H and O–H groups in total. The summed E-state index contributed by atoms with van der Waals surface area (Å²) in [4.78, 5) is 24.4. The van der Waals surface area contributed by atoms with E-state index in [2.05, 4.69) is 5.32 Å². The average Bonchev–Trinajstić information content (AvgIpc) is 3.12. The molecule has 0 saturated heterocycles. The van der Waals surface area contributed by atoms with Gasteiger partial charge in [0.15, 0.2) is 0 Å². The van der Waals surface area contributed by atoms with E-state index in [4.69, 9.17) is 9.47 Å². The lowest BCUT2D eigenvalue weighted by molar-refractivity contribution is -0.116. The topological polar surface area (TPSA) is 89.8 Å². The number of nitrogens with one attached hydrogen (secondary N) is 1. The van der Waals surface area contributed by atoms with Crippen LogP contribution in [0.25, 0.3) is 5.69 Å². The van der Waals surface area contributed by atoms with Crippen LogP contribution in [0, 0.1) is 5.82 Å². The Hall–Kier alpha value is -3.81. The highest BCUT2D eigenvalue weighted by Crippen LogP contribution is 2.45. The number of rotatable bonds is 5. The number of hydrogen-bond acceptors (Lipinski definition) is 4. The van der Waals surface area contributed by atoms with Crippen molar-refractivity contribution >= 4 is 17.6 Å². The zero-order chi connectivity index (χ0) is 21.4. The predicted molar refractivity (Wildman–Crippen MR) is 107 cm³/mol. The summed E-state index contributed by atoms with van der Waals surface area (Å²) in [6.45, 7) is 0. The van der Waals surface area contributed by atoms with Crippen LogP contribution in [0.5, 0.6) is 11.5 Å². The summed E-state index contributed by atoms with van der Waals surface area (Å²) in [5.41, 5.74) is 1.76. The summed E-state index contributed by atoms with van der Waals surface area (Å²) in [6, 6.07) is 11.1. The van der Waals surface area contributed by atoms with E-state index in [0.717, 1.165) is 0 Å². The van der Waals surface area contributed by atoms with Crippen molar-refractivity contribution in [2.24, 2.45) is 0 Å².